The van der Waals surface area contributed by atoms with Gasteiger partial charge in [-0.05, 0) is 39.7 Å². The summed E-state index contributed by atoms with van der Waals surface area (Å²) in [5, 5.41) is 9.12. The topological polar surface area (TPSA) is 49.8 Å². The molecule has 4 heteroatoms. The SMILES string of the molecule is COC(C)(C)CCN1CCCCC1C(=O)O. The van der Waals surface area contributed by atoms with E-state index in [0.29, 0.717) is 0 Å². The average molecular weight is 229 g/mol. The Morgan fingerprint density at radius 3 is 2.75 bits per heavy atom. The molecule has 0 radical (unpaired) electrons. The van der Waals surface area contributed by atoms with Crippen LogP contribution in [0.3, 0.4) is 0 Å². The second-order valence-corrected chi connectivity index (χ2v) is 5.10. The van der Waals surface area contributed by atoms with Gasteiger partial charge in [0.2, 0.25) is 0 Å². The molecule has 0 aromatic rings. The van der Waals surface area contributed by atoms with Crippen molar-refractivity contribution in [2.45, 2.75) is 51.2 Å². The summed E-state index contributed by atoms with van der Waals surface area (Å²) in [5.74, 6) is -0.685. The molecule has 0 aromatic heterocycles. The molecule has 4 nitrogen and oxygen atoms in total. The van der Waals surface area contributed by atoms with Crippen molar-refractivity contribution in [3.8, 4) is 0 Å². The van der Waals surface area contributed by atoms with Gasteiger partial charge in [0.15, 0.2) is 0 Å². The van der Waals surface area contributed by atoms with Crippen LogP contribution in [0.25, 0.3) is 0 Å². The molecule has 1 saturated heterocycles. The minimum Gasteiger partial charge on any atom is -0.480 e. The van der Waals surface area contributed by atoms with Crippen molar-refractivity contribution >= 4 is 5.97 Å². The third-order valence-electron chi connectivity index (χ3n) is 3.45. The summed E-state index contributed by atoms with van der Waals surface area (Å²) >= 11 is 0. The zero-order valence-corrected chi connectivity index (χ0v) is 10.5. The zero-order chi connectivity index (χ0) is 12.2. The summed E-state index contributed by atoms with van der Waals surface area (Å²) in [6, 6.07) is -0.290. The van der Waals surface area contributed by atoms with Crippen LogP contribution in [-0.2, 0) is 9.53 Å². The number of aliphatic carboxylic acids is 1. The second kappa shape index (κ2) is 5.64. The van der Waals surface area contributed by atoms with Gasteiger partial charge in [0, 0.05) is 13.7 Å². The Bertz CT molecular complexity index is 240. The quantitative estimate of drug-likeness (QED) is 0.780. The fraction of sp³-hybridized carbons (Fsp3) is 0.917. The minimum absolute atomic E-state index is 0.166. The van der Waals surface area contributed by atoms with Crippen LogP contribution in [0, 0.1) is 0 Å². The molecular weight excluding hydrogens is 206 g/mol. The van der Waals surface area contributed by atoms with Crippen molar-refractivity contribution in [1.82, 2.24) is 4.90 Å². The molecule has 1 atom stereocenters. The number of carbonyl (C=O) groups is 1. The summed E-state index contributed by atoms with van der Waals surface area (Å²) in [4.78, 5) is 13.2. The number of carboxylic acids is 1. The Hall–Kier alpha value is -0.610. The molecule has 16 heavy (non-hydrogen) atoms. The molecular formula is C12H23NO3. The minimum atomic E-state index is -0.685. The standard InChI is InChI=1S/C12H23NO3/c1-12(2,16-3)7-9-13-8-5-4-6-10(13)11(14)15/h10H,4-9H2,1-3H3,(H,14,15). The van der Waals surface area contributed by atoms with E-state index in [1.54, 1.807) is 7.11 Å². The predicted molar refractivity (Wildman–Crippen MR) is 62.6 cm³/mol. The molecule has 94 valence electrons. The molecule has 1 aliphatic heterocycles. The predicted octanol–water partition coefficient (Wildman–Crippen LogP) is 1.74. The average Bonchev–Trinajstić information content (AvgIpc) is 2.27. The van der Waals surface area contributed by atoms with Gasteiger partial charge in [-0.3, -0.25) is 9.69 Å². The first-order valence-electron chi connectivity index (χ1n) is 5.98. The van der Waals surface area contributed by atoms with Crippen molar-refractivity contribution in [3.63, 3.8) is 0 Å². The molecule has 1 aliphatic rings. The largest absolute Gasteiger partial charge is 0.480 e. The lowest BCUT2D eigenvalue weighted by atomic mass is 9.99. The first-order valence-corrected chi connectivity index (χ1v) is 5.98. The zero-order valence-electron chi connectivity index (χ0n) is 10.5. The van der Waals surface area contributed by atoms with Gasteiger partial charge in [0.05, 0.1) is 5.60 Å². The Kier molecular flexibility index (Phi) is 4.74. The molecule has 1 unspecified atom stereocenters. The Morgan fingerprint density at radius 1 is 1.50 bits per heavy atom. The number of carboxylic acid groups (broad SMARTS) is 1. The maximum Gasteiger partial charge on any atom is 0.320 e. The lowest BCUT2D eigenvalue weighted by Gasteiger charge is -2.35. The maximum atomic E-state index is 11.1. The maximum absolute atomic E-state index is 11.1. The van der Waals surface area contributed by atoms with Crippen molar-refractivity contribution < 1.29 is 14.6 Å². The van der Waals surface area contributed by atoms with Crippen molar-refractivity contribution in [2.75, 3.05) is 20.2 Å². The highest BCUT2D eigenvalue weighted by molar-refractivity contribution is 5.73. The summed E-state index contributed by atoms with van der Waals surface area (Å²) in [6.45, 7) is 5.77. The van der Waals surface area contributed by atoms with Crippen molar-refractivity contribution in [2.24, 2.45) is 0 Å². The number of nitrogens with zero attached hydrogens (tertiary/aromatic N) is 1. The molecule has 0 bridgehead atoms. The van der Waals surface area contributed by atoms with E-state index in [0.717, 1.165) is 38.8 Å². The highest BCUT2D eigenvalue weighted by Gasteiger charge is 2.29. The molecule has 1 rings (SSSR count). The van der Waals surface area contributed by atoms with Gasteiger partial charge in [-0.15, -0.1) is 0 Å². The van der Waals surface area contributed by atoms with Gasteiger partial charge in [0.25, 0.3) is 0 Å². The highest BCUT2D eigenvalue weighted by atomic mass is 16.5. The van der Waals surface area contributed by atoms with Crippen LogP contribution in [0.15, 0.2) is 0 Å². The van der Waals surface area contributed by atoms with E-state index >= 15 is 0 Å². The van der Waals surface area contributed by atoms with E-state index < -0.39 is 5.97 Å². The summed E-state index contributed by atoms with van der Waals surface area (Å²) in [5.41, 5.74) is -0.166. The van der Waals surface area contributed by atoms with E-state index in [9.17, 15) is 4.79 Å². The number of rotatable bonds is 5. The molecule has 0 aromatic carbocycles. The first-order chi connectivity index (χ1) is 7.46. The Balaban J connectivity index is 2.47. The van der Waals surface area contributed by atoms with Crippen LogP contribution in [0.5, 0.6) is 0 Å². The molecule has 0 saturated carbocycles. The monoisotopic (exact) mass is 229 g/mol. The van der Waals surface area contributed by atoms with Crippen molar-refractivity contribution in [3.05, 3.63) is 0 Å². The fourth-order valence-corrected chi connectivity index (χ4v) is 2.05. The number of piperidine rings is 1. The lowest BCUT2D eigenvalue weighted by molar-refractivity contribution is -0.145. The fourth-order valence-electron chi connectivity index (χ4n) is 2.05. The molecule has 1 fully saturated rings. The van der Waals surface area contributed by atoms with Gasteiger partial charge in [-0.25, -0.2) is 0 Å². The summed E-state index contributed by atoms with van der Waals surface area (Å²) in [6.07, 6.45) is 3.79. The molecule has 0 aliphatic carbocycles. The van der Waals surface area contributed by atoms with Crippen molar-refractivity contribution in [1.29, 1.82) is 0 Å². The van der Waals surface area contributed by atoms with E-state index in [-0.39, 0.29) is 11.6 Å². The molecule has 0 amide bonds. The van der Waals surface area contributed by atoms with Gasteiger partial charge in [-0.1, -0.05) is 6.42 Å². The van der Waals surface area contributed by atoms with E-state index in [1.165, 1.54) is 0 Å². The van der Waals surface area contributed by atoms with E-state index in [2.05, 4.69) is 4.90 Å². The summed E-state index contributed by atoms with van der Waals surface area (Å²) < 4.78 is 5.35. The first kappa shape index (κ1) is 13.5. The smallest absolute Gasteiger partial charge is 0.320 e. The third kappa shape index (κ3) is 3.76. The van der Waals surface area contributed by atoms with Crippen LogP contribution in [0.1, 0.15) is 39.5 Å². The van der Waals surface area contributed by atoms with Crippen LogP contribution >= 0.6 is 0 Å². The number of hydrogen-bond acceptors (Lipinski definition) is 3. The highest BCUT2D eigenvalue weighted by Crippen LogP contribution is 2.20. The van der Waals surface area contributed by atoms with E-state index in [4.69, 9.17) is 9.84 Å². The van der Waals surface area contributed by atoms with Gasteiger partial charge in [0.1, 0.15) is 6.04 Å². The Morgan fingerprint density at radius 2 is 2.19 bits per heavy atom. The summed E-state index contributed by atoms with van der Waals surface area (Å²) in [7, 11) is 1.70. The molecule has 1 heterocycles. The molecule has 0 spiro atoms. The Labute approximate surface area is 97.6 Å². The van der Waals surface area contributed by atoms with Gasteiger partial charge >= 0.3 is 5.97 Å². The van der Waals surface area contributed by atoms with Crippen LogP contribution < -0.4 is 0 Å². The molecule has 1 N–H and O–H groups in total. The van der Waals surface area contributed by atoms with Crippen LogP contribution in [0.2, 0.25) is 0 Å². The van der Waals surface area contributed by atoms with E-state index in [1.807, 2.05) is 13.8 Å². The lowest BCUT2D eigenvalue weighted by Crippen LogP contribution is -2.46. The van der Waals surface area contributed by atoms with Crippen LogP contribution in [-0.4, -0.2) is 47.8 Å². The van der Waals surface area contributed by atoms with Gasteiger partial charge < -0.3 is 9.84 Å². The number of likely N-dealkylation sites (tertiary alicyclic amines) is 1. The normalized spacial score (nSPS) is 23.3. The van der Waals surface area contributed by atoms with Crippen LogP contribution in [0.4, 0.5) is 0 Å². The number of methoxy groups -OCH3 is 1. The number of ether oxygens (including phenoxy) is 1. The number of hydrogen-bond donors (Lipinski definition) is 1. The second-order valence-electron chi connectivity index (χ2n) is 5.10. The third-order valence-corrected chi connectivity index (χ3v) is 3.45. The van der Waals surface area contributed by atoms with Gasteiger partial charge in [-0.2, -0.15) is 0 Å².